The Labute approximate surface area is 120 Å². The van der Waals surface area contributed by atoms with Crippen LogP contribution in [0.2, 0.25) is 0 Å². The highest BCUT2D eigenvalue weighted by molar-refractivity contribution is 5.95. The van der Waals surface area contributed by atoms with Gasteiger partial charge in [-0.2, -0.15) is 5.26 Å². The summed E-state index contributed by atoms with van der Waals surface area (Å²) in [6, 6.07) is 11.3. The molecule has 0 spiro atoms. The van der Waals surface area contributed by atoms with Gasteiger partial charge in [0.15, 0.2) is 0 Å². The summed E-state index contributed by atoms with van der Waals surface area (Å²) in [6.45, 7) is 0. The van der Waals surface area contributed by atoms with Gasteiger partial charge in [0, 0.05) is 35.9 Å². The highest BCUT2D eigenvalue weighted by Gasteiger charge is 2.17. The Morgan fingerprint density at radius 1 is 1.33 bits per heavy atom. The van der Waals surface area contributed by atoms with E-state index >= 15 is 0 Å². The molecule has 0 saturated heterocycles. The van der Waals surface area contributed by atoms with Crippen LogP contribution in [0.5, 0.6) is 0 Å². The van der Waals surface area contributed by atoms with Gasteiger partial charge in [0.2, 0.25) is 0 Å². The van der Waals surface area contributed by atoms with Crippen LogP contribution in [0.1, 0.15) is 15.9 Å². The molecule has 21 heavy (non-hydrogen) atoms. The average molecular weight is 277 g/mol. The third-order valence-electron chi connectivity index (χ3n) is 3.48. The molecule has 0 saturated carbocycles. The van der Waals surface area contributed by atoms with Gasteiger partial charge in [-0.25, -0.2) is 4.79 Å². The summed E-state index contributed by atoms with van der Waals surface area (Å²) in [7, 11) is 1.85. The van der Waals surface area contributed by atoms with E-state index in [1.54, 1.807) is 6.20 Å². The molecule has 0 aliphatic rings. The molecule has 5 heteroatoms. The maximum absolute atomic E-state index is 11.1. The first-order chi connectivity index (χ1) is 10.1. The minimum absolute atomic E-state index is 0.0987. The molecule has 0 unspecified atom stereocenters. The molecule has 1 aromatic carbocycles. The van der Waals surface area contributed by atoms with Gasteiger partial charge >= 0.3 is 5.97 Å². The number of carbonyl (C=O) groups is 1. The van der Waals surface area contributed by atoms with Crippen LogP contribution in [0.4, 0.5) is 0 Å². The summed E-state index contributed by atoms with van der Waals surface area (Å²) in [4.78, 5) is 15.0. The normalized spacial score (nSPS) is 10.5. The SMILES string of the molecule is Cn1c(-c2cncc(C(=O)O)c2)c(C#N)c2ccccc21. The maximum Gasteiger partial charge on any atom is 0.337 e. The lowest BCUT2D eigenvalue weighted by Gasteiger charge is -2.05. The van der Waals surface area contributed by atoms with Crippen molar-refractivity contribution in [3.05, 3.63) is 53.9 Å². The number of aromatic nitrogens is 2. The number of aryl methyl sites for hydroxylation is 1. The number of nitrogens with zero attached hydrogens (tertiary/aromatic N) is 3. The first kappa shape index (κ1) is 12.9. The van der Waals surface area contributed by atoms with Gasteiger partial charge in [-0.05, 0) is 12.1 Å². The topological polar surface area (TPSA) is 78.9 Å². The second-order valence-corrected chi connectivity index (χ2v) is 4.68. The number of nitriles is 1. The van der Waals surface area contributed by atoms with Crippen LogP contribution in [0.15, 0.2) is 42.7 Å². The van der Waals surface area contributed by atoms with Crippen LogP contribution in [0.3, 0.4) is 0 Å². The number of hydrogen-bond acceptors (Lipinski definition) is 3. The maximum atomic E-state index is 11.1. The first-order valence-electron chi connectivity index (χ1n) is 6.29. The number of para-hydroxylation sites is 1. The van der Waals surface area contributed by atoms with Crippen molar-refractivity contribution in [1.29, 1.82) is 5.26 Å². The Balaban J connectivity index is 2.35. The van der Waals surface area contributed by atoms with Crippen molar-refractivity contribution >= 4 is 16.9 Å². The van der Waals surface area contributed by atoms with E-state index < -0.39 is 5.97 Å². The molecule has 0 bridgehead atoms. The fraction of sp³-hybridized carbons (Fsp3) is 0.0625. The zero-order chi connectivity index (χ0) is 15.0. The lowest BCUT2D eigenvalue weighted by atomic mass is 10.1. The summed E-state index contributed by atoms with van der Waals surface area (Å²) in [5.41, 5.74) is 2.84. The van der Waals surface area contributed by atoms with Crippen molar-refractivity contribution in [2.75, 3.05) is 0 Å². The number of fused-ring (bicyclic) bond motifs is 1. The standard InChI is InChI=1S/C16H11N3O2/c1-19-14-5-3-2-4-12(14)13(7-17)15(19)10-6-11(16(20)21)9-18-8-10/h2-6,8-9H,1H3,(H,20,21). The number of carboxylic acids is 1. The second-order valence-electron chi connectivity index (χ2n) is 4.68. The fourth-order valence-corrected chi connectivity index (χ4v) is 2.53. The Bertz CT molecular complexity index is 904. The molecule has 0 aliphatic carbocycles. The number of carboxylic acid groups (broad SMARTS) is 1. The van der Waals surface area contributed by atoms with E-state index in [9.17, 15) is 10.1 Å². The van der Waals surface area contributed by atoms with E-state index in [1.807, 2.05) is 35.9 Å². The number of pyridine rings is 1. The van der Waals surface area contributed by atoms with Crippen LogP contribution < -0.4 is 0 Å². The van der Waals surface area contributed by atoms with Gasteiger partial charge in [-0.1, -0.05) is 18.2 Å². The van der Waals surface area contributed by atoms with E-state index in [0.29, 0.717) is 16.8 Å². The molecule has 0 amide bonds. The summed E-state index contributed by atoms with van der Waals surface area (Å²) < 4.78 is 1.89. The van der Waals surface area contributed by atoms with Crippen LogP contribution >= 0.6 is 0 Å². The molecule has 0 fully saturated rings. The minimum atomic E-state index is -1.04. The largest absolute Gasteiger partial charge is 0.478 e. The molecule has 0 radical (unpaired) electrons. The highest BCUT2D eigenvalue weighted by atomic mass is 16.4. The van der Waals surface area contributed by atoms with E-state index in [-0.39, 0.29) is 5.56 Å². The molecule has 2 aromatic heterocycles. The Kier molecular flexibility index (Phi) is 2.92. The first-order valence-corrected chi connectivity index (χ1v) is 6.29. The Hall–Kier alpha value is -3.13. The fourth-order valence-electron chi connectivity index (χ4n) is 2.53. The van der Waals surface area contributed by atoms with Crippen LogP contribution in [-0.2, 0) is 7.05 Å². The van der Waals surface area contributed by atoms with E-state index in [2.05, 4.69) is 11.1 Å². The van der Waals surface area contributed by atoms with Crippen molar-refractivity contribution in [3.63, 3.8) is 0 Å². The van der Waals surface area contributed by atoms with Crippen molar-refractivity contribution in [3.8, 4) is 17.3 Å². The van der Waals surface area contributed by atoms with Crippen molar-refractivity contribution in [1.82, 2.24) is 9.55 Å². The summed E-state index contributed by atoms with van der Waals surface area (Å²) in [5.74, 6) is -1.04. The van der Waals surface area contributed by atoms with Gasteiger partial charge in [0.05, 0.1) is 16.8 Å². The summed E-state index contributed by atoms with van der Waals surface area (Å²) >= 11 is 0. The smallest absolute Gasteiger partial charge is 0.337 e. The van der Waals surface area contributed by atoms with Gasteiger partial charge in [0.1, 0.15) is 6.07 Å². The summed E-state index contributed by atoms with van der Waals surface area (Å²) in [6.07, 6.45) is 2.86. The predicted octanol–water partition coefficient (Wildman–Crippen LogP) is 2.81. The van der Waals surface area contributed by atoms with Gasteiger partial charge in [-0.3, -0.25) is 4.98 Å². The molecule has 1 N–H and O–H groups in total. The Morgan fingerprint density at radius 2 is 2.10 bits per heavy atom. The van der Waals surface area contributed by atoms with Gasteiger partial charge in [0.25, 0.3) is 0 Å². The van der Waals surface area contributed by atoms with Gasteiger partial charge < -0.3 is 9.67 Å². The Morgan fingerprint density at radius 3 is 2.81 bits per heavy atom. The molecule has 0 atom stereocenters. The lowest BCUT2D eigenvalue weighted by Crippen LogP contribution is -1.99. The quantitative estimate of drug-likeness (QED) is 0.781. The van der Waals surface area contributed by atoms with Crippen LogP contribution in [0, 0.1) is 11.3 Å². The third kappa shape index (κ3) is 1.94. The number of rotatable bonds is 2. The predicted molar refractivity (Wildman–Crippen MR) is 77.8 cm³/mol. The number of aromatic carboxylic acids is 1. The minimum Gasteiger partial charge on any atom is -0.478 e. The zero-order valence-electron chi connectivity index (χ0n) is 11.2. The average Bonchev–Trinajstić information content (AvgIpc) is 2.80. The molecule has 102 valence electrons. The molecule has 5 nitrogen and oxygen atoms in total. The molecule has 3 aromatic rings. The number of hydrogen-bond donors (Lipinski definition) is 1. The summed E-state index contributed by atoms with van der Waals surface area (Å²) in [5, 5.41) is 19.4. The number of benzene rings is 1. The second kappa shape index (κ2) is 4.76. The molecular formula is C16H11N3O2. The highest BCUT2D eigenvalue weighted by Crippen LogP contribution is 2.32. The van der Waals surface area contributed by atoms with Gasteiger partial charge in [-0.15, -0.1) is 0 Å². The van der Waals surface area contributed by atoms with E-state index in [1.165, 1.54) is 12.3 Å². The lowest BCUT2D eigenvalue weighted by molar-refractivity contribution is 0.0696. The third-order valence-corrected chi connectivity index (χ3v) is 3.48. The molecule has 0 aliphatic heterocycles. The molecular weight excluding hydrogens is 266 g/mol. The van der Waals surface area contributed by atoms with Crippen LogP contribution in [0.25, 0.3) is 22.2 Å². The monoisotopic (exact) mass is 277 g/mol. The zero-order valence-corrected chi connectivity index (χ0v) is 11.2. The van der Waals surface area contributed by atoms with Crippen LogP contribution in [-0.4, -0.2) is 20.6 Å². The molecule has 2 heterocycles. The van der Waals surface area contributed by atoms with E-state index in [0.717, 1.165) is 10.9 Å². The molecule has 3 rings (SSSR count). The van der Waals surface area contributed by atoms with E-state index in [4.69, 9.17) is 5.11 Å². The van der Waals surface area contributed by atoms with Crippen molar-refractivity contribution in [2.24, 2.45) is 7.05 Å². The van der Waals surface area contributed by atoms with Crippen molar-refractivity contribution in [2.45, 2.75) is 0 Å². The van der Waals surface area contributed by atoms with Crippen molar-refractivity contribution < 1.29 is 9.90 Å².